The van der Waals surface area contributed by atoms with E-state index in [1.807, 2.05) is 0 Å². The summed E-state index contributed by atoms with van der Waals surface area (Å²) in [4.78, 5) is 0. The van der Waals surface area contributed by atoms with Crippen molar-refractivity contribution in [3.63, 3.8) is 0 Å². The van der Waals surface area contributed by atoms with Gasteiger partial charge < -0.3 is 9.13 Å². The number of benzene rings is 10. The fraction of sp³-hybridized carbons (Fsp3) is 0.0164. The van der Waals surface area contributed by atoms with Gasteiger partial charge >= 0.3 is 0 Å². The average molecular weight is 801 g/mol. The zero-order chi connectivity index (χ0) is 41.4. The molecular formula is C61H40N2. The van der Waals surface area contributed by atoms with Gasteiger partial charge in [-0.1, -0.05) is 170 Å². The normalized spacial score (nSPS) is 13.2. The highest BCUT2D eigenvalue weighted by Crippen LogP contribution is 2.49. The van der Waals surface area contributed by atoms with Gasteiger partial charge in [-0.2, -0.15) is 0 Å². The highest BCUT2D eigenvalue weighted by atomic mass is 15.0. The first-order chi connectivity index (χ1) is 31.2. The molecular weight excluding hydrogens is 761 g/mol. The molecule has 0 spiro atoms. The molecule has 0 amide bonds. The van der Waals surface area contributed by atoms with E-state index in [9.17, 15) is 0 Å². The van der Waals surface area contributed by atoms with E-state index in [4.69, 9.17) is 0 Å². The van der Waals surface area contributed by atoms with Crippen molar-refractivity contribution in [2.75, 3.05) is 0 Å². The highest BCUT2D eigenvalue weighted by Gasteiger charge is 2.30. The Morgan fingerprint density at radius 3 is 1.41 bits per heavy atom. The second-order valence-corrected chi connectivity index (χ2v) is 16.9. The third kappa shape index (κ3) is 5.65. The molecule has 2 nitrogen and oxygen atoms in total. The van der Waals surface area contributed by atoms with Crippen molar-refractivity contribution >= 4 is 43.6 Å². The third-order valence-electron chi connectivity index (χ3n) is 13.4. The SMILES string of the molecule is c1ccc(-c2ccc3c(c2)-c2ccccc2C3c2ccc(-c3cccc(-n4c5ccccc5c5cc(-c6ccc7c(c6)c6ccccc6n7-c6ccccc6)ccc54)c3)cc2)cc1. The van der Waals surface area contributed by atoms with Crippen molar-refractivity contribution in [1.82, 2.24) is 9.13 Å². The number of para-hydroxylation sites is 3. The van der Waals surface area contributed by atoms with Crippen LogP contribution in [-0.4, -0.2) is 9.13 Å². The van der Waals surface area contributed by atoms with Crippen LogP contribution in [-0.2, 0) is 0 Å². The van der Waals surface area contributed by atoms with Crippen LogP contribution in [0.25, 0.3) is 99.5 Å². The molecule has 1 aliphatic rings. The maximum absolute atomic E-state index is 2.43. The first kappa shape index (κ1) is 35.5. The molecule has 0 saturated heterocycles. The van der Waals surface area contributed by atoms with E-state index in [-0.39, 0.29) is 5.92 Å². The quantitative estimate of drug-likeness (QED) is 0.159. The number of hydrogen-bond acceptors (Lipinski definition) is 0. The van der Waals surface area contributed by atoms with E-state index < -0.39 is 0 Å². The Kier molecular flexibility index (Phi) is 8.01. The van der Waals surface area contributed by atoms with Gasteiger partial charge in [0.05, 0.1) is 22.1 Å². The largest absolute Gasteiger partial charge is 0.309 e. The summed E-state index contributed by atoms with van der Waals surface area (Å²) in [5, 5.41) is 5.02. The van der Waals surface area contributed by atoms with Crippen molar-refractivity contribution < 1.29 is 0 Å². The van der Waals surface area contributed by atoms with Crippen LogP contribution in [0.4, 0.5) is 0 Å². The van der Waals surface area contributed by atoms with Crippen molar-refractivity contribution in [2.45, 2.75) is 5.92 Å². The fourth-order valence-corrected chi connectivity index (χ4v) is 10.5. The lowest BCUT2D eigenvalue weighted by atomic mass is 9.88. The third-order valence-corrected chi connectivity index (χ3v) is 13.4. The van der Waals surface area contributed by atoms with E-state index >= 15 is 0 Å². The van der Waals surface area contributed by atoms with E-state index in [1.54, 1.807) is 0 Å². The van der Waals surface area contributed by atoms with Crippen LogP contribution < -0.4 is 0 Å². The summed E-state index contributed by atoms with van der Waals surface area (Å²) >= 11 is 0. The van der Waals surface area contributed by atoms with Crippen molar-refractivity contribution in [3.8, 4) is 55.9 Å². The molecule has 0 bridgehead atoms. The number of aromatic nitrogens is 2. The number of fused-ring (bicyclic) bond motifs is 9. The highest BCUT2D eigenvalue weighted by molar-refractivity contribution is 6.12. The lowest BCUT2D eigenvalue weighted by Crippen LogP contribution is -1.99. The number of hydrogen-bond donors (Lipinski definition) is 0. The van der Waals surface area contributed by atoms with Crippen LogP contribution in [0.2, 0.25) is 0 Å². The summed E-state index contributed by atoms with van der Waals surface area (Å²) in [5.41, 5.74) is 21.2. The van der Waals surface area contributed by atoms with E-state index in [0.717, 1.165) is 5.69 Å². The summed E-state index contributed by atoms with van der Waals surface area (Å²) in [7, 11) is 0. The zero-order valence-electron chi connectivity index (χ0n) is 34.5. The van der Waals surface area contributed by atoms with Crippen LogP contribution >= 0.6 is 0 Å². The molecule has 13 rings (SSSR count). The summed E-state index contributed by atoms with van der Waals surface area (Å²) in [6.07, 6.45) is 0. The molecule has 0 radical (unpaired) electrons. The smallest absolute Gasteiger partial charge is 0.0541 e. The molecule has 0 aliphatic heterocycles. The molecule has 12 aromatic rings. The number of nitrogens with zero attached hydrogens (tertiary/aromatic N) is 2. The van der Waals surface area contributed by atoms with Gasteiger partial charge in [0, 0.05) is 38.8 Å². The molecule has 2 heterocycles. The van der Waals surface area contributed by atoms with Gasteiger partial charge in [0.15, 0.2) is 0 Å². The van der Waals surface area contributed by atoms with Crippen LogP contribution in [0, 0.1) is 0 Å². The molecule has 2 aromatic heterocycles. The van der Waals surface area contributed by atoms with Crippen LogP contribution in [0.1, 0.15) is 22.6 Å². The van der Waals surface area contributed by atoms with Gasteiger partial charge in [-0.05, 0) is 128 Å². The molecule has 0 saturated carbocycles. The Morgan fingerprint density at radius 2 is 0.714 bits per heavy atom. The van der Waals surface area contributed by atoms with E-state index in [2.05, 4.69) is 246 Å². The fourth-order valence-electron chi connectivity index (χ4n) is 10.5. The van der Waals surface area contributed by atoms with E-state index in [0.29, 0.717) is 0 Å². The molecule has 0 fully saturated rings. The predicted molar refractivity (Wildman–Crippen MR) is 264 cm³/mol. The predicted octanol–water partition coefficient (Wildman–Crippen LogP) is 16.0. The van der Waals surface area contributed by atoms with Crippen LogP contribution in [0.15, 0.2) is 237 Å². The lowest BCUT2D eigenvalue weighted by Gasteiger charge is -2.16. The minimum atomic E-state index is 0.195. The molecule has 1 aliphatic carbocycles. The lowest BCUT2D eigenvalue weighted by molar-refractivity contribution is 1.02. The summed E-state index contributed by atoms with van der Waals surface area (Å²) in [5.74, 6) is 0.195. The first-order valence-electron chi connectivity index (χ1n) is 21.9. The Labute approximate surface area is 366 Å². The molecule has 2 heteroatoms. The maximum atomic E-state index is 2.43. The maximum Gasteiger partial charge on any atom is 0.0541 e. The Hall–Kier alpha value is -8.20. The van der Waals surface area contributed by atoms with Crippen molar-refractivity contribution in [2.24, 2.45) is 0 Å². The number of rotatable bonds is 6. The molecule has 1 atom stereocenters. The second kappa shape index (κ2) is 14.2. The minimum absolute atomic E-state index is 0.195. The van der Waals surface area contributed by atoms with Gasteiger partial charge in [-0.15, -0.1) is 0 Å². The first-order valence-corrected chi connectivity index (χ1v) is 21.9. The molecule has 10 aromatic carbocycles. The van der Waals surface area contributed by atoms with Gasteiger partial charge in [0.2, 0.25) is 0 Å². The minimum Gasteiger partial charge on any atom is -0.309 e. The van der Waals surface area contributed by atoms with Gasteiger partial charge in [-0.3, -0.25) is 0 Å². The topological polar surface area (TPSA) is 9.86 Å². The Bertz CT molecular complexity index is 3720. The van der Waals surface area contributed by atoms with Gasteiger partial charge in [0.25, 0.3) is 0 Å². The van der Waals surface area contributed by atoms with E-state index in [1.165, 1.54) is 110 Å². The molecule has 294 valence electrons. The Morgan fingerprint density at radius 1 is 0.254 bits per heavy atom. The van der Waals surface area contributed by atoms with Gasteiger partial charge in [0.1, 0.15) is 0 Å². The van der Waals surface area contributed by atoms with Crippen LogP contribution in [0.3, 0.4) is 0 Å². The molecule has 1 unspecified atom stereocenters. The summed E-state index contributed by atoms with van der Waals surface area (Å²) in [6, 6.07) is 87.1. The zero-order valence-corrected chi connectivity index (χ0v) is 34.5. The van der Waals surface area contributed by atoms with Gasteiger partial charge in [-0.25, -0.2) is 0 Å². The van der Waals surface area contributed by atoms with Crippen molar-refractivity contribution in [3.05, 3.63) is 253 Å². The van der Waals surface area contributed by atoms with Crippen molar-refractivity contribution in [1.29, 1.82) is 0 Å². The summed E-state index contributed by atoms with van der Waals surface area (Å²) < 4.78 is 4.81. The average Bonchev–Trinajstić information content (AvgIpc) is 3.99. The monoisotopic (exact) mass is 800 g/mol. The van der Waals surface area contributed by atoms with Crippen LogP contribution in [0.5, 0.6) is 0 Å². The standard InChI is InChI=1S/C61H40N2/c1-3-14-40(15-4-1)44-30-33-53-54(37-44)49-20-7-8-23-52(49)61(53)42-28-26-41(27-29-42)43-16-13-19-48(36-43)63-58-25-12-10-22-51(58)56-39-46(32-35-60(56)63)45-31-34-59-55(38-45)50-21-9-11-24-57(50)62(59)47-17-5-2-6-18-47/h1-39,61H. The second-order valence-electron chi connectivity index (χ2n) is 16.9. The molecule has 63 heavy (non-hydrogen) atoms. The Balaban J connectivity index is 0.864. The summed E-state index contributed by atoms with van der Waals surface area (Å²) in [6.45, 7) is 0. The molecule has 0 N–H and O–H groups in total.